The molecule has 1 N–H and O–H groups in total. The number of carbonyl (C=O) groups is 2. The highest BCUT2D eigenvalue weighted by Gasteiger charge is 2.22. The molecule has 0 spiro atoms. The molecule has 2 aromatic rings. The Bertz CT molecular complexity index is 659. The molecule has 0 bridgehead atoms. The van der Waals surface area contributed by atoms with Gasteiger partial charge in [-0.3, -0.25) is 9.59 Å². The quantitative estimate of drug-likeness (QED) is 0.755. The van der Waals surface area contributed by atoms with E-state index in [0.29, 0.717) is 19.4 Å². The number of benzene rings is 2. The van der Waals surface area contributed by atoms with Crippen LogP contribution in [0.4, 0.5) is 4.39 Å². The van der Waals surface area contributed by atoms with Crippen LogP contribution in [0.1, 0.15) is 11.1 Å². The highest BCUT2D eigenvalue weighted by molar-refractivity contribution is 5.83. The smallest absolute Gasteiger partial charge is 0.243 e. The van der Waals surface area contributed by atoms with Crippen LogP contribution in [0, 0.1) is 5.82 Å². The molecule has 0 radical (unpaired) electrons. The molecular weight excluding hydrogens is 307 g/mol. The number of likely N-dealkylation sites (N-methyl/N-ethyl adjacent to an activating group) is 1. The van der Waals surface area contributed by atoms with E-state index >= 15 is 0 Å². The maximum atomic E-state index is 13.0. The van der Waals surface area contributed by atoms with E-state index in [0.717, 1.165) is 17.5 Å². The van der Waals surface area contributed by atoms with E-state index in [9.17, 15) is 14.0 Å². The van der Waals surface area contributed by atoms with Crippen LogP contribution in [-0.4, -0.2) is 36.9 Å². The second-order valence-electron chi connectivity index (χ2n) is 5.64. The normalized spacial score (nSPS) is 11.6. The number of carbonyl (C=O) groups excluding carboxylic acids is 2. The Kier molecular flexibility index (Phi) is 6.49. The van der Waals surface area contributed by atoms with Crippen molar-refractivity contribution in [1.29, 1.82) is 0 Å². The molecule has 1 atom stereocenters. The average Bonchev–Trinajstić information content (AvgIpc) is 2.61. The van der Waals surface area contributed by atoms with Crippen LogP contribution in [0.15, 0.2) is 54.6 Å². The Morgan fingerprint density at radius 2 is 1.79 bits per heavy atom. The van der Waals surface area contributed by atoms with Crippen molar-refractivity contribution in [2.45, 2.75) is 18.9 Å². The van der Waals surface area contributed by atoms with Gasteiger partial charge >= 0.3 is 0 Å². The van der Waals surface area contributed by atoms with Crippen molar-refractivity contribution in [3.63, 3.8) is 0 Å². The highest BCUT2D eigenvalue weighted by Crippen LogP contribution is 2.09. The monoisotopic (exact) mass is 328 g/mol. The van der Waals surface area contributed by atoms with Crippen molar-refractivity contribution in [3.8, 4) is 0 Å². The average molecular weight is 328 g/mol. The zero-order chi connectivity index (χ0) is 17.4. The molecular formula is C19H21FN2O2. The first-order chi connectivity index (χ1) is 11.6. The van der Waals surface area contributed by atoms with E-state index in [1.54, 1.807) is 19.2 Å². The predicted molar refractivity (Wildman–Crippen MR) is 90.9 cm³/mol. The van der Waals surface area contributed by atoms with Crippen LogP contribution >= 0.6 is 0 Å². The SMILES string of the molecule is CN(C=O)[C@H](Cc1ccc(F)cc1)C(=O)NCCc1ccccc1. The van der Waals surface area contributed by atoms with Gasteiger partial charge in [-0.05, 0) is 29.7 Å². The fourth-order valence-electron chi connectivity index (χ4n) is 2.43. The molecule has 0 heterocycles. The summed E-state index contributed by atoms with van der Waals surface area (Å²) in [6.45, 7) is 0.495. The summed E-state index contributed by atoms with van der Waals surface area (Å²) in [5.41, 5.74) is 1.94. The molecule has 0 aliphatic rings. The van der Waals surface area contributed by atoms with Crippen LogP contribution in [0.5, 0.6) is 0 Å². The second-order valence-corrected chi connectivity index (χ2v) is 5.64. The van der Waals surface area contributed by atoms with Crippen LogP contribution in [0.3, 0.4) is 0 Å². The van der Waals surface area contributed by atoms with E-state index in [4.69, 9.17) is 0 Å². The van der Waals surface area contributed by atoms with E-state index < -0.39 is 6.04 Å². The molecule has 0 unspecified atom stereocenters. The number of nitrogens with one attached hydrogen (secondary N) is 1. The van der Waals surface area contributed by atoms with Gasteiger partial charge < -0.3 is 10.2 Å². The standard InChI is InChI=1S/C19H21FN2O2/c1-22(14-23)18(13-16-7-9-17(20)10-8-16)19(24)21-12-11-15-5-3-2-4-6-15/h2-10,14,18H,11-13H2,1H3,(H,21,24)/t18-/m1/s1. The summed E-state index contributed by atoms with van der Waals surface area (Å²) in [6, 6.07) is 15.2. The Balaban J connectivity index is 1.94. The minimum Gasteiger partial charge on any atom is -0.354 e. The lowest BCUT2D eigenvalue weighted by molar-refractivity contribution is -0.131. The molecule has 0 aliphatic carbocycles. The first-order valence-corrected chi connectivity index (χ1v) is 7.83. The third-order valence-corrected chi connectivity index (χ3v) is 3.86. The number of hydrogen-bond donors (Lipinski definition) is 1. The fourth-order valence-corrected chi connectivity index (χ4v) is 2.43. The van der Waals surface area contributed by atoms with E-state index in [1.165, 1.54) is 17.0 Å². The van der Waals surface area contributed by atoms with Gasteiger partial charge in [-0.2, -0.15) is 0 Å². The van der Waals surface area contributed by atoms with Gasteiger partial charge in [0.2, 0.25) is 12.3 Å². The third-order valence-electron chi connectivity index (χ3n) is 3.86. The predicted octanol–water partition coefficient (Wildman–Crippen LogP) is 2.18. The first kappa shape index (κ1) is 17.7. The molecule has 5 heteroatoms. The lowest BCUT2D eigenvalue weighted by Gasteiger charge is -2.24. The van der Waals surface area contributed by atoms with Crippen LogP contribution in [0.25, 0.3) is 0 Å². The van der Waals surface area contributed by atoms with Gasteiger partial charge in [-0.1, -0.05) is 42.5 Å². The Hall–Kier alpha value is -2.69. The summed E-state index contributed by atoms with van der Waals surface area (Å²) >= 11 is 0. The van der Waals surface area contributed by atoms with Crippen LogP contribution in [-0.2, 0) is 22.4 Å². The maximum absolute atomic E-state index is 13.0. The van der Waals surface area contributed by atoms with E-state index in [1.807, 2.05) is 30.3 Å². The van der Waals surface area contributed by atoms with Gasteiger partial charge in [0.15, 0.2) is 0 Å². The lowest BCUT2D eigenvalue weighted by Crippen LogP contribution is -2.46. The molecule has 2 amide bonds. The summed E-state index contributed by atoms with van der Waals surface area (Å²) in [5.74, 6) is -0.545. The molecule has 0 saturated carbocycles. The van der Waals surface area contributed by atoms with Crippen molar-refractivity contribution in [3.05, 3.63) is 71.5 Å². The van der Waals surface area contributed by atoms with E-state index in [2.05, 4.69) is 5.32 Å². The fraction of sp³-hybridized carbons (Fsp3) is 0.263. The molecule has 0 aliphatic heterocycles. The lowest BCUT2D eigenvalue weighted by atomic mass is 10.0. The van der Waals surface area contributed by atoms with Crippen molar-refractivity contribution in [2.75, 3.05) is 13.6 Å². The van der Waals surface area contributed by atoms with Crippen molar-refractivity contribution in [1.82, 2.24) is 10.2 Å². The van der Waals surface area contributed by atoms with Gasteiger partial charge in [0.05, 0.1) is 0 Å². The van der Waals surface area contributed by atoms with Crippen LogP contribution < -0.4 is 5.32 Å². The third kappa shape index (κ3) is 5.19. The molecule has 0 aromatic heterocycles. The van der Waals surface area contributed by atoms with Crippen molar-refractivity contribution < 1.29 is 14.0 Å². The number of hydrogen-bond acceptors (Lipinski definition) is 2. The minimum atomic E-state index is -0.622. The summed E-state index contributed by atoms with van der Waals surface area (Å²) in [6.07, 6.45) is 1.69. The number of amides is 2. The maximum Gasteiger partial charge on any atom is 0.243 e. The van der Waals surface area contributed by atoms with Gasteiger partial charge in [0, 0.05) is 20.0 Å². The van der Waals surface area contributed by atoms with Gasteiger partial charge in [-0.15, -0.1) is 0 Å². The summed E-state index contributed by atoms with van der Waals surface area (Å²) < 4.78 is 13.0. The molecule has 126 valence electrons. The van der Waals surface area contributed by atoms with Gasteiger partial charge in [-0.25, -0.2) is 4.39 Å². The molecule has 4 nitrogen and oxygen atoms in total. The topological polar surface area (TPSA) is 49.4 Å². The molecule has 0 saturated heterocycles. The van der Waals surface area contributed by atoms with Crippen molar-refractivity contribution in [2.24, 2.45) is 0 Å². The number of halogens is 1. The Morgan fingerprint density at radius 1 is 1.12 bits per heavy atom. The van der Waals surface area contributed by atoms with E-state index in [-0.39, 0.29) is 11.7 Å². The molecule has 24 heavy (non-hydrogen) atoms. The summed E-state index contributed by atoms with van der Waals surface area (Å²) in [4.78, 5) is 24.8. The molecule has 2 rings (SSSR count). The zero-order valence-electron chi connectivity index (χ0n) is 13.6. The molecule has 0 fully saturated rings. The number of nitrogens with zero attached hydrogens (tertiary/aromatic N) is 1. The van der Waals surface area contributed by atoms with Gasteiger partial charge in [0.25, 0.3) is 0 Å². The van der Waals surface area contributed by atoms with Crippen LogP contribution in [0.2, 0.25) is 0 Å². The van der Waals surface area contributed by atoms with Gasteiger partial charge in [0.1, 0.15) is 11.9 Å². The number of rotatable bonds is 8. The first-order valence-electron chi connectivity index (χ1n) is 7.83. The second kappa shape index (κ2) is 8.82. The molecule has 2 aromatic carbocycles. The zero-order valence-corrected chi connectivity index (χ0v) is 13.6. The summed E-state index contributed by atoms with van der Waals surface area (Å²) in [5, 5.41) is 2.86. The highest BCUT2D eigenvalue weighted by atomic mass is 19.1. The summed E-state index contributed by atoms with van der Waals surface area (Å²) in [7, 11) is 1.57. The van der Waals surface area contributed by atoms with Crippen molar-refractivity contribution >= 4 is 12.3 Å². The Labute approximate surface area is 141 Å². The largest absolute Gasteiger partial charge is 0.354 e. The Morgan fingerprint density at radius 3 is 2.42 bits per heavy atom. The minimum absolute atomic E-state index is 0.218.